The number of amides is 1. The molecule has 0 spiro atoms. The highest BCUT2D eigenvalue weighted by Crippen LogP contribution is 2.23. The van der Waals surface area contributed by atoms with E-state index in [0.717, 1.165) is 5.56 Å². The molecule has 1 amide bonds. The van der Waals surface area contributed by atoms with E-state index >= 15 is 0 Å². The van der Waals surface area contributed by atoms with Crippen molar-refractivity contribution < 1.29 is 13.9 Å². The zero-order valence-corrected chi connectivity index (χ0v) is 13.8. The van der Waals surface area contributed by atoms with Crippen LogP contribution in [0.3, 0.4) is 0 Å². The molecule has 124 valence electrons. The maximum absolute atomic E-state index is 13.0. The van der Waals surface area contributed by atoms with Crippen LogP contribution in [0.25, 0.3) is 0 Å². The Labute approximate surface area is 137 Å². The summed E-state index contributed by atoms with van der Waals surface area (Å²) in [6.45, 7) is 5.51. The number of hydrogen-bond acceptors (Lipinski definition) is 3. The van der Waals surface area contributed by atoms with Crippen molar-refractivity contribution in [3.63, 3.8) is 0 Å². The highest BCUT2D eigenvalue weighted by atomic mass is 35.5. The predicted octanol–water partition coefficient (Wildman–Crippen LogP) is 2.15. The van der Waals surface area contributed by atoms with Gasteiger partial charge in [-0.15, -0.1) is 12.4 Å². The molecule has 6 heteroatoms. The van der Waals surface area contributed by atoms with E-state index in [4.69, 9.17) is 10.5 Å². The van der Waals surface area contributed by atoms with Gasteiger partial charge in [0.2, 0.25) is 5.91 Å². The van der Waals surface area contributed by atoms with E-state index in [-0.39, 0.29) is 29.5 Å². The molecule has 1 fully saturated rings. The van der Waals surface area contributed by atoms with E-state index in [1.807, 2.05) is 13.8 Å². The number of ether oxygens (including phenoxy) is 1. The van der Waals surface area contributed by atoms with Crippen LogP contribution in [0.5, 0.6) is 0 Å². The summed E-state index contributed by atoms with van der Waals surface area (Å²) in [5, 5.41) is 2.93. The van der Waals surface area contributed by atoms with Crippen LogP contribution in [0.4, 0.5) is 4.39 Å². The minimum Gasteiger partial charge on any atom is -0.381 e. The van der Waals surface area contributed by atoms with Crippen molar-refractivity contribution in [1.29, 1.82) is 0 Å². The van der Waals surface area contributed by atoms with Crippen LogP contribution in [0.2, 0.25) is 0 Å². The lowest BCUT2D eigenvalue weighted by atomic mass is 9.83. The van der Waals surface area contributed by atoms with Gasteiger partial charge in [-0.05, 0) is 30.5 Å². The van der Waals surface area contributed by atoms with Crippen molar-refractivity contribution in [2.75, 3.05) is 19.8 Å². The summed E-state index contributed by atoms with van der Waals surface area (Å²) in [5.74, 6) is -0.400. The third-order valence-corrected chi connectivity index (χ3v) is 4.15. The monoisotopic (exact) mass is 330 g/mol. The summed E-state index contributed by atoms with van der Waals surface area (Å²) in [7, 11) is 0. The second-order valence-corrected chi connectivity index (χ2v) is 6.34. The second kappa shape index (κ2) is 7.40. The highest BCUT2D eigenvalue weighted by Gasteiger charge is 2.36. The summed E-state index contributed by atoms with van der Waals surface area (Å²) < 4.78 is 18.2. The lowest BCUT2D eigenvalue weighted by Gasteiger charge is -2.34. The predicted molar refractivity (Wildman–Crippen MR) is 86.7 cm³/mol. The van der Waals surface area contributed by atoms with E-state index in [2.05, 4.69) is 5.32 Å². The number of hydrogen-bond donors (Lipinski definition) is 2. The molecule has 1 heterocycles. The first-order valence-electron chi connectivity index (χ1n) is 7.24. The maximum Gasteiger partial charge on any atom is 0.240 e. The van der Waals surface area contributed by atoms with Crippen LogP contribution in [-0.2, 0) is 14.9 Å². The van der Waals surface area contributed by atoms with Gasteiger partial charge in [-0.2, -0.15) is 0 Å². The average Bonchev–Trinajstić information content (AvgIpc) is 2.46. The fourth-order valence-corrected chi connectivity index (χ4v) is 2.44. The topological polar surface area (TPSA) is 64.4 Å². The van der Waals surface area contributed by atoms with Crippen molar-refractivity contribution in [3.05, 3.63) is 35.6 Å². The van der Waals surface area contributed by atoms with Gasteiger partial charge in [-0.3, -0.25) is 4.79 Å². The Bertz CT molecular complexity index is 499. The number of nitrogens with two attached hydrogens (primary N) is 1. The molecular formula is C16H24ClFN2O2. The third-order valence-electron chi connectivity index (χ3n) is 4.15. The highest BCUT2D eigenvalue weighted by molar-refractivity contribution is 5.86. The van der Waals surface area contributed by atoms with Crippen molar-refractivity contribution in [3.8, 4) is 0 Å². The first-order chi connectivity index (χ1) is 9.83. The normalized spacial score (nSPS) is 17.5. The average molecular weight is 331 g/mol. The minimum atomic E-state index is -0.836. The number of halogens is 2. The summed E-state index contributed by atoms with van der Waals surface area (Å²) in [5.41, 5.74) is 6.00. The summed E-state index contributed by atoms with van der Waals surface area (Å²) in [4.78, 5) is 12.3. The smallest absolute Gasteiger partial charge is 0.240 e. The molecule has 1 aromatic carbocycles. The Morgan fingerprint density at radius 3 is 2.41 bits per heavy atom. The molecule has 0 aromatic heterocycles. The molecule has 22 heavy (non-hydrogen) atoms. The number of carbonyl (C=O) groups is 1. The van der Waals surface area contributed by atoms with Gasteiger partial charge in [0.15, 0.2) is 0 Å². The van der Waals surface area contributed by atoms with Crippen LogP contribution in [0.1, 0.15) is 32.3 Å². The van der Waals surface area contributed by atoms with Crippen molar-refractivity contribution in [2.45, 2.75) is 37.6 Å². The van der Waals surface area contributed by atoms with Crippen LogP contribution in [0.15, 0.2) is 24.3 Å². The van der Waals surface area contributed by atoms with Gasteiger partial charge >= 0.3 is 0 Å². The number of nitrogens with one attached hydrogen (secondary N) is 1. The van der Waals surface area contributed by atoms with Crippen LogP contribution >= 0.6 is 12.4 Å². The molecule has 3 N–H and O–H groups in total. The molecule has 0 atom stereocenters. The van der Waals surface area contributed by atoms with Gasteiger partial charge in [0.25, 0.3) is 0 Å². The third kappa shape index (κ3) is 4.41. The largest absolute Gasteiger partial charge is 0.381 e. The Morgan fingerprint density at radius 1 is 1.32 bits per heavy atom. The molecule has 0 unspecified atom stereocenters. The molecule has 0 aliphatic carbocycles. The molecule has 1 aromatic rings. The Hall–Kier alpha value is -1.17. The van der Waals surface area contributed by atoms with E-state index in [9.17, 15) is 9.18 Å². The van der Waals surface area contributed by atoms with Crippen LogP contribution < -0.4 is 11.1 Å². The van der Waals surface area contributed by atoms with Gasteiger partial charge in [-0.1, -0.05) is 26.0 Å². The van der Waals surface area contributed by atoms with Crippen LogP contribution in [-0.4, -0.2) is 31.2 Å². The molecule has 1 saturated heterocycles. The summed E-state index contributed by atoms with van der Waals surface area (Å²) >= 11 is 0. The lowest BCUT2D eigenvalue weighted by molar-refractivity contribution is -0.130. The fourth-order valence-electron chi connectivity index (χ4n) is 2.44. The molecule has 0 bridgehead atoms. The Morgan fingerprint density at radius 2 is 1.86 bits per heavy atom. The number of rotatable bonds is 4. The van der Waals surface area contributed by atoms with E-state index in [1.165, 1.54) is 12.1 Å². The molecule has 0 radical (unpaired) electrons. The SMILES string of the molecule is CC(C)(CNC(=O)C1(N)CCOCC1)c1ccc(F)cc1.Cl. The first-order valence-corrected chi connectivity index (χ1v) is 7.24. The van der Waals surface area contributed by atoms with Gasteiger partial charge in [0, 0.05) is 25.2 Å². The zero-order valence-electron chi connectivity index (χ0n) is 13.0. The van der Waals surface area contributed by atoms with Gasteiger partial charge < -0.3 is 15.8 Å². The molecule has 0 saturated carbocycles. The maximum atomic E-state index is 13.0. The van der Waals surface area contributed by atoms with E-state index in [0.29, 0.717) is 32.6 Å². The molecule has 1 aliphatic heterocycles. The van der Waals surface area contributed by atoms with E-state index < -0.39 is 5.54 Å². The Balaban J connectivity index is 0.00000242. The minimum absolute atomic E-state index is 0. The van der Waals surface area contributed by atoms with Crippen molar-refractivity contribution in [1.82, 2.24) is 5.32 Å². The summed E-state index contributed by atoms with van der Waals surface area (Å²) in [6, 6.07) is 6.35. The van der Waals surface area contributed by atoms with Crippen molar-refractivity contribution >= 4 is 18.3 Å². The molecule has 4 nitrogen and oxygen atoms in total. The van der Waals surface area contributed by atoms with E-state index in [1.54, 1.807) is 12.1 Å². The number of benzene rings is 1. The fraction of sp³-hybridized carbons (Fsp3) is 0.562. The molecule has 2 rings (SSSR count). The summed E-state index contributed by atoms with van der Waals surface area (Å²) in [6.07, 6.45) is 1.08. The van der Waals surface area contributed by atoms with Crippen LogP contribution in [0, 0.1) is 5.82 Å². The van der Waals surface area contributed by atoms with Gasteiger partial charge in [0.1, 0.15) is 5.82 Å². The standard InChI is InChI=1S/C16H23FN2O2.ClH/c1-15(2,12-3-5-13(17)6-4-12)11-19-14(20)16(18)7-9-21-10-8-16;/h3-6H,7-11,18H2,1-2H3,(H,19,20);1H. The molecular weight excluding hydrogens is 307 g/mol. The zero-order chi connectivity index (χ0) is 15.5. The van der Waals surface area contributed by atoms with Crippen molar-refractivity contribution in [2.24, 2.45) is 5.73 Å². The van der Waals surface area contributed by atoms with Gasteiger partial charge in [0.05, 0.1) is 5.54 Å². The quantitative estimate of drug-likeness (QED) is 0.889. The van der Waals surface area contributed by atoms with Gasteiger partial charge in [-0.25, -0.2) is 4.39 Å². The Kier molecular flexibility index (Phi) is 6.35. The number of carbonyl (C=O) groups excluding carboxylic acids is 1. The second-order valence-electron chi connectivity index (χ2n) is 6.34. The first kappa shape index (κ1) is 18.9. The molecule has 1 aliphatic rings. The lowest BCUT2D eigenvalue weighted by Crippen LogP contribution is -2.58.